The summed E-state index contributed by atoms with van der Waals surface area (Å²) in [5.74, 6) is 0. The second-order valence-electron chi connectivity index (χ2n) is 4.16. The number of hydrogen-bond donors (Lipinski definition) is 1. The van der Waals surface area contributed by atoms with Gasteiger partial charge in [0.25, 0.3) is 0 Å². The molecule has 4 nitrogen and oxygen atoms in total. The van der Waals surface area contributed by atoms with Gasteiger partial charge in [-0.1, -0.05) is 19.3 Å². The van der Waals surface area contributed by atoms with Gasteiger partial charge in [-0.2, -0.15) is 0 Å². The van der Waals surface area contributed by atoms with Crippen LogP contribution in [0.25, 0.3) is 0 Å². The molecular weight excluding hydrogens is 202 g/mol. The fraction of sp³-hybridized carbons (Fsp3) is 1.00. The molecule has 0 spiro atoms. The maximum Gasteiger partial charge on any atom is 0.219 e. The van der Waals surface area contributed by atoms with Crippen LogP contribution in [-0.2, 0) is 14.8 Å². The van der Waals surface area contributed by atoms with Crippen molar-refractivity contribution in [1.29, 1.82) is 0 Å². The van der Waals surface area contributed by atoms with Crippen LogP contribution >= 0.6 is 0 Å². The second kappa shape index (κ2) is 4.16. The highest BCUT2D eigenvalue weighted by molar-refractivity contribution is 7.90. The summed E-state index contributed by atoms with van der Waals surface area (Å²) in [7, 11) is -3.10. The molecular formula is C9H17NO3S. The molecule has 1 aliphatic heterocycles. The van der Waals surface area contributed by atoms with Crippen molar-refractivity contribution in [3.05, 3.63) is 0 Å². The van der Waals surface area contributed by atoms with Crippen molar-refractivity contribution < 1.29 is 13.2 Å². The zero-order valence-corrected chi connectivity index (χ0v) is 9.05. The van der Waals surface area contributed by atoms with Crippen molar-refractivity contribution in [2.75, 3.05) is 13.2 Å². The van der Waals surface area contributed by atoms with Gasteiger partial charge < -0.3 is 4.74 Å². The van der Waals surface area contributed by atoms with Crippen molar-refractivity contribution in [3.63, 3.8) is 0 Å². The summed E-state index contributed by atoms with van der Waals surface area (Å²) in [6, 6.07) is 0.175. The maximum absolute atomic E-state index is 11.7. The van der Waals surface area contributed by atoms with E-state index in [0.717, 1.165) is 25.7 Å². The minimum Gasteiger partial charge on any atom is -0.378 e. The van der Waals surface area contributed by atoms with E-state index in [2.05, 4.69) is 4.72 Å². The van der Waals surface area contributed by atoms with Crippen molar-refractivity contribution in [2.24, 2.45) is 0 Å². The van der Waals surface area contributed by atoms with Gasteiger partial charge in [0.2, 0.25) is 10.0 Å². The smallest absolute Gasteiger partial charge is 0.219 e. The Hall–Kier alpha value is -0.130. The van der Waals surface area contributed by atoms with Gasteiger partial charge in [-0.25, -0.2) is 13.1 Å². The van der Waals surface area contributed by atoms with Crippen LogP contribution in [0.4, 0.5) is 0 Å². The molecule has 14 heavy (non-hydrogen) atoms. The normalized spacial score (nSPS) is 26.0. The van der Waals surface area contributed by atoms with Crippen LogP contribution in [0.15, 0.2) is 0 Å². The highest BCUT2D eigenvalue weighted by atomic mass is 32.2. The minimum absolute atomic E-state index is 0.175. The summed E-state index contributed by atoms with van der Waals surface area (Å²) in [5.41, 5.74) is 0. The first-order valence-corrected chi connectivity index (χ1v) is 6.82. The van der Waals surface area contributed by atoms with Crippen LogP contribution in [0, 0.1) is 0 Å². The third-order valence-electron chi connectivity index (χ3n) is 2.98. The number of sulfonamides is 1. The molecule has 2 rings (SSSR count). The van der Waals surface area contributed by atoms with E-state index in [1.54, 1.807) is 0 Å². The molecule has 2 aliphatic rings. The number of nitrogens with one attached hydrogen (secondary N) is 1. The third kappa shape index (κ3) is 2.27. The zero-order chi connectivity index (χ0) is 10.0. The Morgan fingerprint density at radius 2 is 1.71 bits per heavy atom. The molecule has 0 radical (unpaired) electrons. The van der Waals surface area contributed by atoms with Crippen LogP contribution in [0.1, 0.15) is 32.1 Å². The Labute approximate surface area is 85.1 Å². The van der Waals surface area contributed by atoms with Crippen LogP contribution < -0.4 is 4.72 Å². The standard InChI is InChI=1S/C9H17NO3S/c11-14(12,9-6-13-7-9)10-8-4-2-1-3-5-8/h8-10H,1-7H2. The van der Waals surface area contributed by atoms with E-state index in [-0.39, 0.29) is 11.3 Å². The largest absolute Gasteiger partial charge is 0.378 e. The highest BCUT2D eigenvalue weighted by Crippen LogP contribution is 2.20. The van der Waals surface area contributed by atoms with Gasteiger partial charge in [-0.15, -0.1) is 0 Å². The van der Waals surface area contributed by atoms with E-state index in [9.17, 15) is 8.42 Å². The predicted molar refractivity (Wildman–Crippen MR) is 53.5 cm³/mol. The average molecular weight is 219 g/mol. The van der Waals surface area contributed by atoms with E-state index in [0.29, 0.717) is 13.2 Å². The van der Waals surface area contributed by atoms with Crippen molar-refractivity contribution >= 4 is 10.0 Å². The quantitative estimate of drug-likeness (QED) is 0.757. The molecule has 0 bridgehead atoms. The molecule has 0 atom stereocenters. The molecule has 0 unspecified atom stereocenters. The van der Waals surface area contributed by atoms with Gasteiger partial charge in [0.15, 0.2) is 0 Å². The lowest BCUT2D eigenvalue weighted by atomic mass is 9.96. The molecule has 1 saturated carbocycles. The number of hydrogen-bond acceptors (Lipinski definition) is 3. The summed E-state index contributed by atoms with van der Waals surface area (Å²) in [6.07, 6.45) is 5.52. The van der Waals surface area contributed by atoms with Gasteiger partial charge in [-0.3, -0.25) is 0 Å². The molecule has 82 valence electrons. The molecule has 0 aromatic rings. The molecule has 1 saturated heterocycles. The lowest BCUT2D eigenvalue weighted by Crippen LogP contribution is -2.50. The summed E-state index contributed by atoms with van der Waals surface area (Å²) in [6.45, 7) is 0.726. The molecule has 0 aromatic carbocycles. The summed E-state index contributed by atoms with van der Waals surface area (Å²) < 4.78 is 31.1. The first kappa shape index (κ1) is 10.4. The fourth-order valence-electron chi connectivity index (χ4n) is 1.94. The first-order chi connectivity index (χ1) is 6.68. The summed E-state index contributed by atoms with van der Waals surface area (Å²) in [4.78, 5) is 0. The minimum atomic E-state index is -3.10. The molecule has 1 heterocycles. The van der Waals surface area contributed by atoms with Crippen molar-refractivity contribution in [2.45, 2.75) is 43.4 Å². The summed E-state index contributed by atoms with van der Waals surface area (Å²) >= 11 is 0. The maximum atomic E-state index is 11.7. The van der Waals surface area contributed by atoms with Crippen LogP contribution in [0.3, 0.4) is 0 Å². The third-order valence-corrected chi connectivity index (χ3v) is 4.79. The molecule has 0 aromatic heterocycles. The Balaban J connectivity index is 1.88. The van der Waals surface area contributed by atoms with Crippen LogP contribution in [-0.4, -0.2) is 32.9 Å². The lowest BCUT2D eigenvalue weighted by Gasteiger charge is -2.29. The number of ether oxygens (including phenoxy) is 1. The predicted octanol–water partition coefficient (Wildman–Crippen LogP) is 0.637. The van der Waals surface area contributed by atoms with Gasteiger partial charge in [-0.05, 0) is 12.8 Å². The van der Waals surface area contributed by atoms with Crippen molar-refractivity contribution in [3.8, 4) is 0 Å². The van der Waals surface area contributed by atoms with Gasteiger partial charge >= 0.3 is 0 Å². The lowest BCUT2D eigenvalue weighted by molar-refractivity contribution is 0.0409. The highest BCUT2D eigenvalue weighted by Gasteiger charge is 2.34. The second-order valence-corrected chi connectivity index (χ2v) is 6.15. The monoisotopic (exact) mass is 219 g/mol. The zero-order valence-electron chi connectivity index (χ0n) is 8.24. The molecule has 2 fully saturated rings. The number of rotatable bonds is 3. The van der Waals surface area contributed by atoms with E-state index >= 15 is 0 Å². The van der Waals surface area contributed by atoms with Gasteiger partial charge in [0.1, 0.15) is 5.25 Å². The van der Waals surface area contributed by atoms with Gasteiger partial charge in [0.05, 0.1) is 13.2 Å². The van der Waals surface area contributed by atoms with E-state index < -0.39 is 10.0 Å². The molecule has 5 heteroatoms. The summed E-state index contributed by atoms with van der Waals surface area (Å²) in [5, 5.41) is -0.301. The van der Waals surface area contributed by atoms with Crippen LogP contribution in [0.5, 0.6) is 0 Å². The fourth-order valence-corrected chi connectivity index (χ4v) is 3.39. The first-order valence-electron chi connectivity index (χ1n) is 5.27. The SMILES string of the molecule is O=S(=O)(NC1CCCCC1)C1COC1. The van der Waals surface area contributed by atoms with E-state index in [1.807, 2.05) is 0 Å². The Kier molecular flexibility index (Phi) is 3.09. The molecule has 1 N–H and O–H groups in total. The molecule has 1 aliphatic carbocycles. The topological polar surface area (TPSA) is 55.4 Å². The average Bonchev–Trinajstić information content (AvgIpc) is 2.00. The van der Waals surface area contributed by atoms with E-state index in [4.69, 9.17) is 4.74 Å². The van der Waals surface area contributed by atoms with E-state index in [1.165, 1.54) is 6.42 Å². The van der Waals surface area contributed by atoms with Gasteiger partial charge in [0, 0.05) is 6.04 Å². The molecule has 0 amide bonds. The Bertz CT molecular complexity index is 278. The van der Waals surface area contributed by atoms with Crippen LogP contribution in [0.2, 0.25) is 0 Å². The van der Waals surface area contributed by atoms with Crippen molar-refractivity contribution in [1.82, 2.24) is 4.72 Å². The Morgan fingerprint density at radius 1 is 1.07 bits per heavy atom. The Morgan fingerprint density at radius 3 is 2.21 bits per heavy atom.